The van der Waals surface area contributed by atoms with Gasteiger partial charge in [-0.25, -0.2) is 0 Å². The van der Waals surface area contributed by atoms with E-state index in [9.17, 15) is 4.79 Å². The van der Waals surface area contributed by atoms with Crippen LogP contribution < -0.4 is 9.64 Å². The number of fused-ring (bicyclic) bond motifs is 1. The van der Waals surface area contributed by atoms with E-state index in [1.54, 1.807) is 0 Å². The summed E-state index contributed by atoms with van der Waals surface area (Å²) in [7, 11) is 0. The maximum atomic E-state index is 13.1. The molecule has 0 radical (unpaired) electrons. The number of anilines is 1. The summed E-state index contributed by atoms with van der Waals surface area (Å²) in [5, 5.41) is 0.714. The highest BCUT2D eigenvalue weighted by molar-refractivity contribution is 14.1. The predicted octanol–water partition coefficient (Wildman–Crippen LogP) is 7.43. The van der Waals surface area contributed by atoms with Gasteiger partial charge in [-0.1, -0.05) is 48.9 Å². The molecule has 0 unspecified atom stereocenters. The van der Waals surface area contributed by atoms with Gasteiger partial charge >= 0.3 is 0 Å². The molecule has 3 nitrogen and oxygen atoms in total. The van der Waals surface area contributed by atoms with Gasteiger partial charge in [-0.05, 0) is 99.1 Å². The number of hydrogen-bond acceptors (Lipinski definition) is 2. The van der Waals surface area contributed by atoms with Gasteiger partial charge in [-0.15, -0.1) is 0 Å². The summed E-state index contributed by atoms with van der Waals surface area (Å²) in [6, 6.07) is 19.8. The predicted molar refractivity (Wildman–Crippen MR) is 145 cm³/mol. The first-order valence-electron chi connectivity index (χ1n) is 9.97. The van der Waals surface area contributed by atoms with Crippen LogP contribution in [0.25, 0.3) is 11.6 Å². The van der Waals surface area contributed by atoms with Crippen LogP contribution in [0.15, 0.2) is 60.7 Å². The van der Waals surface area contributed by atoms with Crippen LogP contribution in [0.3, 0.4) is 0 Å². The Morgan fingerprint density at radius 2 is 1.71 bits per heavy atom. The van der Waals surface area contributed by atoms with Gasteiger partial charge in [0.05, 0.1) is 12.8 Å². The number of para-hydroxylation sites is 1. The largest absolute Gasteiger partial charge is 0.487 e. The number of halogens is 3. The molecular formula is C25H20ClI2NO2. The van der Waals surface area contributed by atoms with Gasteiger partial charge in [-0.3, -0.25) is 4.79 Å². The Labute approximate surface area is 214 Å². The molecule has 158 valence electrons. The summed E-state index contributed by atoms with van der Waals surface area (Å²) >= 11 is 10.5. The smallest absolute Gasteiger partial charge is 0.258 e. The van der Waals surface area contributed by atoms with Gasteiger partial charge in [0.2, 0.25) is 0 Å². The minimum absolute atomic E-state index is 0.0659. The number of nitrogens with zero attached hydrogens (tertiary/aromatic N) is 1. The van der Waals surface area contributed by atoms with Crippen molar-refractivity contribution in [2.45, 2.75) is 20.0 Å². The van der Waals surface area contributed by atoms with E-state index in [0.717, 1.165) is 53.8 Å². The molecule has 0 aromatic heterocycles. The lowest BCUT2D eigenvalue weighted by molar-refractivity contribution is -0.113. The van der Waals surface area contributed by atoms with E-state index in [1.807, 2.05) is 59.5 Å². The van der Waals surface area contributed by atoms with E-state index in [0.29, 0.717) is 11.6 Å². The second-order valence-electron chi connectivity index (χ2n) is 7.26. The normalized spacial score (nSPS) is 14.3. The van der Waals surface area contributed by atoms with Crippen molar-refractivity contribution in [1.82, 2.24) is 0 Å². The Kier molecular flexibility index (Phi) is 7.23. The van der Waals surface area contributed by atoms with E-state index >= 15 is 0 Å². The highest BCUT2D eigenvalue weighted by Crippen LogP contribution is 2.38. The van der Waals surface area contributed by atoms with Crippen molar-refractivity contribution in [2.24, 2.45) is 0 Å². The molecular weight excluding hydrogens is 636 g/mol. The van der Waals surface area contributed by atoms with Crippen LogP contribution in [-0.4, -0.2) is 12.5 Å². The second kappa shape index (κ2) is 9.92. The molecule has 3 aromatic carbocycles. The molecule has 4 rings (SSSR count). The minimum Gasteiger partial charge on any atom is -0.487 e. The quantitative estimate of drug-likeness (QED) is 0.204. The fourth-order valence-corrected chi connectivity index (χ4v) is 5.85. The third kappa shape index (κ3) is 4.93. The van der Waals surface area contributed by atoms with Gasteiger partial charge in [0.15, 0.2) is 0 Å². The molecule has 0 fully saturated rings. The molecule has 1 aliphatic rings. The van der Waals surface area contributed by atoms with Crippen molar-refractivity contribution in [3.05, 3.63) is 89.5 Å². The van der Waals surface area contributed by atoms with Crippen molar-refractivity contribution in [2.75, 3.05) is 11.4 Å². The molecule has 0 spiro atoms. The fourth-order valence-electron chi connectivity index (χ4n) is 3.60. The number of hydrogen-bond donors (Lipinski definition) is 0. The van der Waals surface area contributed by atoms with Gasteiger partial charge in [0.25, 0.3) is 5.91 Å². The van der Waals surface area contributed by atoms with Crippen LogP contribution >= 0.6 is 56.8 Å². The van der Waals surface area contributed by atoms with Crippen LogP contribution in [0.5, 0.6) is 5.75 Å². The zero-order valence-corrected chi connectivity index (χ0v) is 21.9. The SMILES string of the molecule is CCCN1C(=O)/C(=C\c2cc(I)c(OCc3ccc(Cl)cc3)c(I)c2)c2ccccc21. The Balaban J connectivity index is 1.61. The van der Waals surface area contributed by atoms with E-state index in [2.05, 4.69) is 64.2 Å². The molecule has 3 aromatic rings. The van der Waals surface area contributed by atoms with Crippen LogP contribution in [0.4, 0.5) is 5.69 Å². The Morgan fingerprint density at radius 3 is 2.39 bits per heavy atom. The minimum atomic E-state index is 0.0659. The second-order valence-corrected chi connectivity index (χ2v) is 10.0. The Bertz CT molecular complexity index is 1140. The summed E-state index contributed by atoms with van der Waals surface area (Å²) in [4.78, 5) is 15.0. The molecule has 0 saturated carbocycles. The number of carbonyl (C=O) groups excluding carboxylic acids is 1. The lowest BCUT2D eigenvalue weighted by atomic mass is 10.0. The monoisotopic (exact) mass is 655 g/mol. The van der Waals surface area contributed by atoms with Crippen molar-refractivity contribution < 1.29 is 9.53 Å². The molecule has 1 aliphatic heterocycles. The Hall–Kier alpha value is -1.58. The van der Waals surface area contributed by atoms with Crippen LogP contribution in [0, 0.1) is 7.14 Å². The maximum Gasteiger partial charge on any atom is 0.258 e. The fraction of sp³-hybridized carbons (Fsp3) is 0.160. The molecule has 31 heavy (non-hydrogen) atoms. The summed E-state index contributed by atoms with van der Waals surface area (Å²) in [6.07, 6.45) is 2.91. The number of carbonyl (C=O) groups is 1. The molecule has 0 atom stereocenters. The van der Waals surface area contributed by atoms with E-state index in [1.165, 1.54) is 0 Å². The van der Waals surface area contributed by atoms with Crippen molar-refractivity contribution in [1.29, 1.82) is 0 Å². The molecule has 1 heterocycles. The number of rotatable bonds is 6. The molecule has 6 heteroatoms. The van der Waals surface area contributed by atoms with Gasteiger partial charge in [0.1, 0.15) is 12.4 Å². The Morgan fingerprint density at radius 1 is 1.03 bits per heavy atom. The average Bonchev–Trinajstić information content (AvgIpc) is 3.01. The zero-order chi connectivity index (χ0) is 22.0. The molecule has 0 N–H and O–H groups in total. The topological polar surface area (TPSA) is 29.5 Å². The first-order valence-corrected chi connectivity index (χ1v) is 12.5. The number of benzene rings is 3. The first kappa shape index (κ1) is 22.6. The highest BCUT2D eigenvalue weighted by atomic mass is 127. The van der Waals surface area contributed by atoms with Crippen molar-refractivity contribution >= 4 is 80.0 Å². The van der Waals surface area contributed by atoms with Crippen LogP contribution in [0.1, 0.15) is 30.0 Å². The average molecular weight is 656 g/mol. The van der Waals surface area contributed by atoms with Crippen LogP contribution in [-0.2, 0) is 11.4 Å². The van der Waals surface area contributed by atoms with Crippen molar-refractivity contribution in [3.63, 3.8) is 0 Å². The zero-order valence-electron chi connectivity index (χ0n) is 16.9. The number of ether oxygens (including phenoxy) is 1. The molecule has 0 aliphatic carbocycles. The maximum absolute atomic E-state index is 13.1. The van der Waals surface area contributed by atoms with Crippen molar-refractivity contribution in [3.8, 4) is 5.75 Å². The summed E-state index contributed by atoms with van der Waals surface area (Å²) in [6.45, 7) is 3.28. The third-order valence-electron chi connectivity index (χ3n) is 5.04. The standard InChI is InChI=1S/C25H20ClI2NO2/c1-2-11-29-23-6-4-3-5-19(23)20(25(29)30)12-17-13-21(27)24(22(28)14-17)31-15-16-7-9-18(26)10-8-16/h3-10,12-14H,2,11,15H2,1H3/b20-12-. The van der Waals surface area contributed by atoms with Gasteiger partial charge in [-0.2, -0.15) is 0 Å². The third-order valence-corrected chi connectivity index (χ3v) is 6.89. The van der Waals surface area contributed by atoms with Gasteiger partial charge < -0.3 is 9.64 Å². The van der Waals surface area contributed by atoms with Gasteiger partial charge in [0, 0.05) is 22.7 Å². The number of amides is 1. The van der Waals surface area contributed by atoms with Crippen LogP contribution in [0.2, 0.25) is 5.02 Å². The van der Waals surface area contributed by atoms with E-state index in [4.69, 9.17) is 16.3 Å². The molecule has 0 bridgehead atoms. The summed E-state index contributed by atoms with van der Waals surface area (Å²) in [5.74, 6) is 0.917. The lowest BCUT2D eigenvalue weighted by Crippen LogP contribution is -2.26. The first-order chi connectivity index (χ1) is 15.0. The van der Waals surface area contributed by atoms with E-state index in [-0.39, 0.29) is 5.91 Å². The van der Waals surface area contributed by atoms with E-state index < -0.39 is 0 Å². The summed E-state index contributed by atoms with van der Waals surface area (Å²) < 4.78 is 8.11. The lowest BCUT2D eigenvalue weighted by Gasteiger charge is -2.15. The molecule has 0 saturated heterocycles. The summed E-state index contributed by atoms with van der Waals surface area (Å²) in [5.41, 5.74) is 4.78. The highest BCUT2D eigenvalue weighted by Gasteiger charge is 2.31. The molecule has 1 amide bonds.